The molecule has 1 saturated carbocycles. The van der Waals surface area contributed by atoms with Crippen molar-refractivity contribution in [2.75, 3.05) is 21.7 Å². The summed E-state index contributed by atoms with van der Waals surface area (Å²) in [4.78, 5) is 44.3. The van der Waals surface area contributed by atoms with Crippen molar-refractivity contribution in [3.05, 3.63) is 84.4 Å². The van der Waals surface area contributed by atoms with Gasteiger partial charge in [-0.25, -0.2) is 4.79 Å². The minimum Gasteiger partial charge on any atom is -0.324 e. The molecule has 3 aromatic carbocycles. The molecule has 0 aromatic heterocycles. The number of rotatable bonds is 4. The van der Waals surface area contributed by atoms with Crippen molar-refractivity contribution in [1.82, 2.24) is 5.32 Å². The summed E-state index contributed by atoms with van der Waals surface area (Å²) in [7, 11) is 0. The van der Waals surface area contributed by atoms with Gasteiger partial charge in [0.2, 0.25) is 5.91 Å². The molecule has 4 amide bonds. The number of nitrogens with zero attached hydrogens (tertiary/aromatic N) is 2. The SMILES string of the molecule is Cc1cccc(NC(=O)NC2CN(C(=O)C3CCCCC3)c3ccccc3N(c3ccccc3)C2=O)c1. The molecule has 1 aliphatic heterocycles. The van der Waals surface area contributed by atoms with Crippen molar-refractivity contribution in [1.29, 1.82) is 0 Å². The van der Waals surface area contributed by atoms with Gasteiger partial charge in [0.15, 0.2) is 0 Å². The lowest BCUT2D eigenvalue weighted by Gasteiger charge is -2.30. The van der Waals surface area contributed by atoms with Crippen molar-refractivity contribution >= 4 is 40.6 Å². The van der Waals surface area contributed by atoms with Crippen LogP contribution in [0.25, 0.3) is 0 Å². The Morgan fingerprint density at radius 3 is 2.27 bits per heavy atom. The van der Waals surface area contributed by atoms with Crippen LogP contribution in [0, 0.1) is 12.8 Å². The summed E-state index contributed by atoms with van der Waals surface area (Å²) in [5, 5.41) is 5.69. The Morgan fingerprint density at radius 1 is 0.838 bits per heavy atom. The highest BCUT2D eigenvalue weighted by atomic mass is 16.2. The maximum atomic E-state index is 14.0. The van der Waals surface area contributed by atoms with Crippen LogP contribution < -0.4 is 20.4 Å². The van der Waals surface area contributed by atoms with Crippen LogP contribution in [0.4, 0.5) is 27.5 Å². The second-order valence-electron chi connectivity index (χ2n) is 9.80. The van der Waals surface area contributed by atoms with E-state index in [1.165, 1.54) is 0 Å². The normalized spacial score (nSPS) is 18.1. The summed E-state index contributed by atoms with van der Waals surface area (Å²) in [5.74, 6) is -0.361. The maximum Gasteiger partial charge on any atom is 0.319 e. The van der Waals surface area contributed by atoms with Gasteiger partial charge in [-0.3, -0.25) is 14.5 Å². The lowest BCUT2D eigenvalue weighted by molar-refractivity contribution is -0.123. The summed E-state index contributed by atoms with van der Waals surface area (Å²) in [6.07, 6.45) is 4.90. The second kappa shape index (κ2) is 10.9. The number of benzene rings is 3. The summed E-state index contributed by atoms with van der Waals surface area (Å²) < 4.78 is 0. The first-order chi connectivity index (χ1) is 18.0. The van der Waals surface area contributed by atoms with Gasteiger partial charge in [0, 0.05) is 17.3 Å². The predicted octanol–water partition coefficient (Wildman–Crippen LogP) is 5.78. The highest BCUT2D eigenvalue weighted by molar-refractivity contribution is 6.12. The van der Waals surface area contributed by atoms with Crippen molar-refractivity contribution in [3.8, 4) is 0 Å². The van der Waals surface area contributed by atoms with Crippen LogP contribution in [-0.4, -0.2) is 30.4 Å². The first kappa shape index (κ1) is 24.6. The number of carbonyl (C=O) groups is 3. The third kappa shape index (κ3) is 5.35. The van der Waals surface area contributed by atoms with Crippen LogP contribution in [-0.2, 0) is 9.59 Å². The van der Waals surface area contributed by atoms with E-state index in [2.05, 4.69) is 10.6 Å². The van der Waals surface area contributed by atoms with E-state index in [4.69, 9.17) is 0 Å². The fraction of sp³-hybridized carbons (Fsp3) is 0.300. The maximum absolute atomic E-state index is 14.0. The topological polar surface area (TPSA) is 81.8 Å². The molecule has 1 unspecified atom stereocenters. The van der Waals surface area contributed by atoms with E-state index in [-0.39, 0.29) is 24.3 Å². The number of para-hydroxylation sites is 3. The molecule has 190 valence electrons. The molecule has 2 aliphatic rings. The van der Waals surface area contributed by atoms with Crippen LogP contribution in [0.5, 0.6) is 0 Å². The van der Waals surface area contributed by atoms with E-state index < -0.39 is 12.1 Å². The molecule has 1 aliphatic carbocycles. The van der Waals surface area contributed by atoms with Gasteiger partial charge in [-0.1, -0.05) is 61.7 Å². The number of amides is 4. The lowest BCUT2D eigenvalue weighted by atomic mass is 9.88. The largest absolute Gasteiger partial charge is 0.324 e. The predicted molar refractivity (Wildman–Crippen MR) is 146 cm³/mol. The number of carbonyl (C=O) groups excluding carboxylic acids is 3. The molecule has 7 heteroatoms. The molecule has 0 saturated heterocycles. The monoisotopic (exact) mass is 496 g/mol. The van der Waals surface area contributed by atoms with E-state index >= 15 is 0 Å². The fourth-order valence-electron chi connectivity index (χ4n) is 5.29. The van der Waals surface area contributed by atoms with Crippen LogP contribution in [0.1, 0.15) is 37.7 Å². The molecule has 0 bridgehead atoms. The van der Waals surface area contributed by atoms with Crippen molar-refractivity contribution in [2.45, 2.75) is 45.1 Å². The number of hydrogen-bond acceptors (Lipinski definition) is 3. The van der Waals surface area contributed by atoms with Crippen molar-refractivity contribution in [2.24, 2.45) is 5.92 Å². The minimum atomic E-state index is -0.940. The van der Waals surface area contributed by atoms with Gasteiger partial charge in [0.1, 0.15) is 6.04 Å². The fourth-order valence-corrected chi connectivity index (χ4v) is 5.29. The second-order valence-corrected chi connectivity index (χ2v) is 9.80. The lowest BCUT2D eigenvalue weighted by Crippen LogP contribution is -2.53. The molecular weight excluding hydrogens is 464 g/mol. The number of aryl methyl sites for hydroxylation is 1. The first-order valence-corrected chi connectivity index (χ1v) is 12.9. The summed E-state index contributed by atoms with van der Waals surface area (Å²) in [6, 6.07) is 22.9. The Hall–Kier alpha value is -4.13. The molecule has 0 radical (unpaired) electrons. The van der Waals surface area contributed by atoms with E-state index in [0.717, 1.165) is 37.7 Å². The highest BCUT2D eigenvalue weighted by Crippen LogP contribution is 2.39. The van der Waals surface area contributed by atoms with Crippen LogP contribution in [0.3, 0.4) is 0 Å². The zero-order valence-electron chi connectivity index (χ0n) is 21.0. The molecule has 7 nitrogen and oxygen atoms in total. The molecule has 2 N–H and O–H groups in total. The minimum absolute atomic E-state index is 0.0146. The first-order valence-electron chi connectivity index (χ1n) is 12.9. The van der Waals surface area contributed by atoms with E-state index in [0.29, 0.717) is 22.7 Å². The summed E-state index contributed by atoms with van der Waals surface area (Å²) >= 11 is 0. The highest BCUT2D eigenvalue weighted by Gasteiger charge is 2.39. The van der Waals surface area contributed by atoms with Gasteiger partial charge in [-0.15, -0.1) is 0 Å². The smallest absolute Gasteiger partial charge is 0.319 e. The Balaban J connectivity index is 1.51. The van der Waals surface area contributed by atoms with Gasteiger partial charge in [-0.05, 0) is 61.7 Å². The molecule has 1 fully saturated rings. The van der Waals surface area contributed by atoms with Gasteiger partial charge < -0.3 is 15.5 Å². The average Bonchev–Trinajstić information content (AvgIpc) is 3.03. The Bertz CT molecular complexity index is 1290. The third-order valence-electron chi connectivity index (χ3n) is 7.11. The summed E-state index contributed by atoms with van der Waals surface area (Å²) in [5.41, 5.74) is 3.64. The van der Waals surface area contributed by atoms with Gasteiger partial charge in [0.05, 0.1) is 17.9 Å². The van der Waals surface area contributed by atoms with Crippen LogP contribution in [0.15, 0.2) is 78.9 Å². The van der Waals surface area contributed by atoms with Crippen LogP contribution >= 0.6 is 0 Å². The number of nitrogens with one attached hydrogen (secondary N) is 2. The molecule has 0 spiro atoms. The standard InChI is InChI=1S/C30H32N4O3/c1-21-11-10-14-23(19-21)31-30(37)32-25-20-33(28(35)22-12-4-2-5-13-22)26-17-8-9-18-27(26)34(29(25)36)24-15-6-3-7-16-24/h3,6-11,14-19,22,25H,2,4-5,12-13,20H2,1H3,(H2,31,32,37). The number of hydrogen-bond donors (Lipinski definition) is 2. The Morgan fingerprint density at radius 2 is 1.54 bits per heavy atom. The third-order valence-corrected chi connectivity index (χ3v) is 7.11. The molecule has 1 atom stereocenters. The van der Waals surface area contributed by atoms with Gasteiger partial charge in [-0.2, -0.15) is 0 Å². The zero-order chi connectivity index (χ0) is 25.8. The molecular formula is C30H32N4O3. The molecule has 1 heterocycles. The van der Waals surface area contributed by atoms with Crippen molar-refractivity contribution in [3.63, 3.8) is 0 Å². The quantitative estimate of drug-likeness (QED) is 0.481. The number of fused-ring (bicyclic) bond motifs is 1. The number of anilines is 4. The Kier molecular flexibility index (Phi) is 7.21. The van der Waals surface area contributed by atoms with E-state index in [9.17, 15) is 14.4 Å². The van der Waals surface area contributed by atoms with Gasteiger partial charge >= 0.3 is 6.03 Å². The zero-order valence-corrected chi connectivity index (χ0v) is 21.0. The summed E-state index contributed by atoms with van der Waals surface area (Å²) in [6.45, 7) is 2.01. The Labute approximate surface area is 217 Å². The molecule has 3 aromatic rings. The van der Waals surface area contributed by atoms with Gasteiger partial charge in [0.25, 0.3) is 5.91 Å². The van der Waals surface area contributed by atoms with E-state index in [1.807, 2.05) is 79.7 Å². The van der Waals surface area contributed by atoms with Crippen molar-refractivity contribution < 1.29 is 14.4 Å². The molecule has 5 rings (SSSR count). The van der Waals surface area contributed by atoms with E-state index in [1.54, 1.807) is 15.9 Å². The number of urea groups is 1. The molecule has 37 heavy (non-hydrogen) atoms. The average molecular weight is 497 g/mol. The van der Waals surface area contributed by atoms with Crippen LogP contribution in [0.2, 0.25) is 0 Å².